The van der Waals surface area contributed by atoms with E-state index in [0.29, 0.717) is 0 Å². The molecule has 1 N–H and O–H groups in total. The van der Waals surface area contributed by atoms with Gasteiger partial charge in [0.2, 0.25) is 0 Å². The number of amides is 2. The number of carbonyl (C=O) groups excluding carboxylic acids is 2. The van der Waals surface area contributed by atoms with Gasteiger partial charge in [-0.1, -0.05) is 30.3 Å². The topological polar surface area (TPSA) is 91.7 Å². The molecule has 0 aromatic heterocycles. The van der Waals surface area contributed by atoms with Gasteiger partial charge in [0.25, 0.3) is 0 Å². The predicted octanol–water partition coefficient (Wildman–Crippen LogP) is 2.67. The van der Waals surface area contributed by atoms with Crippen LogP contribution in [-0.2, 0) is 16.1 Å². The van der Waals surface area contributed by atoms with Crippen molar-refractivity contribution in [1.82, 2.24) is 10.2 Å². The molecule has 0 radical (unpaired) electrons. The number of carbonyl (C=O) groups is 2. The number of hydrogen-bond donors (Lipinski definition) is 1. The van der Waals surface area contributed by atoms with Crippen LogP contribution in [0.3, 0.4) is 0 Å². The van der Waals surface area contributed by atoms with Crippen molar-refractivity contribution in [3.63, 3.8) is 0 Å². The van der Waals surface area contributed by atoms with Crippen LogP contribution in [0.25, 0.3) is 0 Å². The zero-order valence-corrected chi connectivity index (χ0v) is 14.7. The predicted molar refractivity (Wildman–Crippen MR) is 90.5 cm³/mol. The molecule has 1 saturated heterocycles. The average molecular weight is 345 g/mol. The molecule has 0 saturated carbocycles. The molecule has 134 valence electrons. The molecule has 2 atom stereocenters. The zero-order chi connectivity index (χ0) is 18.4. The van der Waals surface area contributed by atoms with Crippen molar-refractivity contribution in [2.24, 2.45) is 5.92 Å². The maximum absolute atomic E-state index is 12.1. The molecular weight excluding hydrogens is 322 g/mol. The first-order valence-electron chi connectivity index (χ1n) is 8.13. The highest BCUT2D eigenvalue weighted by atomic mass is 16.6. The van der Waals surface area contributed by atoms with E-state index >= 15 is 0 Å². The molecule has 0 aliphatic carbocycles. The lowest BCUT2D eigenvalue weighted by atomic mass is 10.1. The number of nitrogens with one attached hydrogen (secondary N) is 1. The summed E-state index contributed by atoms with van der Waals surface area (Å²) in [5.74, 6) is -0.503. The maximum Gasteiger partial charge on any atom is 0.410 e. The normalized spacial score (nSPS) is 19.8. The van der Waals surface area contributed by atoms with Gasteiger partial charge in [0.1, 0.15) is 12.2 Å². The average Bonchev–Trinajstić information content (AvgIpc) is 2.95. The Hall–Kier alpha value is -2.75. The monoisotopic (exact) mass is 345 g/mol. The van der Waals surface area contributed by atoms with Gasteiger partial charge in [0.15, 0.2) is 0 Å². The van der Waals surface area contributed by atoms with Crippen molar-refractivity contribution in [2.75, 3.05) is 13.1 Å². The highest BCUT2D eigenvalue weighted by Crippen LogP contribution is 2.20. The summed E-state index contributed by atoms with van der Waals surface area (Å²) in [6.45, 7) is 5.91. The number of rotatable bonds is 3. The number of nitrogens with zero attached hydrogens (tertiary/aromatic N) is 2. The molecule has 1 aromatic carbocycles. The number of benzene rings is 1. The minimum absolute atomic E-state index is 0.145. The maximum atomic E-state index is 12.1. The Labute approximate surface area is 147 Å². The fourth-order valence-corrected chi connectivity index (χ4v) is 2.47. The minimum atomic E-state index is -0.612. The van der Waals surface area contributed by atoms with Crippen LogP contribution >= 0.6 is 0 Å². The van der Waals surface area contributed by atoms with Crippen LogP contribution in [0.15, 0.2) is 30.3 Å². The van der Waals surface area contributed by atoms with Gasteiger partial charge in [-0.25, -0.2) is 9.59 Å². The van der Waals surface area contributed by atoms with E-state index in [1.54, 1.807) is 20.8 Å². The summed E-state index contributed by atoms with van der Waals surface area (Å²) in [6, 6.07) is 10.9. The van der Waals surface area contributed by atoms with Gasteiger partial charge in [-0.3, -0.25) is 0 Å². The van der Waals surface area contributed by atoms with Crippen molar-refractivity contribution in [3.8, 4) is 6.07 Å². The van der Waals surface area contributed by atoms with Crippen molar-refractivity contribution in [1.29, 1.82) is 5.26 Å². The van der Waals surface area contributed by atoms with Crippen molar-refractivity contribution >= 4 is 12.2 Å². The molecule has 1 fully saturated rings. The van der Waals surface area contributed by atoms with Gasteiger partial charge < -0.3 is 19.7 Å². The van der Waals surface area contributed by atoms with Gasteiger partial charge in [-0.15, -0.1) is 0 Å². The first-order chi connectivity index (χ1) is 11.8. The smallest absolute Gasteiger partial charge is 0.410 e. The Kier molecular flexibility index (Phi) is 5.86. The SMILES string of the molecule is CC(C)(C)OC(=O)N1CC(C#N)C(NC(=O)OCc2ccccc2)C1. The molecule has 1 aromatic rings. The van der Waals surface area contributed by atoms with Gasteiger partial charge in [0, 0.05) is 13.1 Å². The highest BCUT2D eigenvalue weighted by molar-refractivity contribution is 5.70. The summed E-state index contributed by atoms with van der Waals surface area (Å²) in [5, 5.41) is 11.9. The largest absolute Gasteiger partial charge is 0.445 e. The van der Waals surface area contributed by atoms with Crippen LogP contribution in [0, 0.1) is 17.2 Å². The number of nitriles is 1. The highest BCUT2D eigenvalue weighted by Gasteiger charge is 2.38. The van der Waals surface area contributed by atoms with E-state index in [4.69, 9.17) is 9.47 Å². The molecule has 0 bridgehead atoms. The third-order valence-corrected chi connectivity index (χ3v) is 3.65. The van der Waals surface area contributed by atoms with E-state index in [1.807, 2.05) is 30.3 Å². The molecule has 2 amide bonds. The van der Waals surface area contributed by atoms with E-state index in [-0.39, 0.29) is 19.7 Å². The second kappa shape index (κ2) is 7.88. The van der Waals surface area contributed by atoms with Crippen molar-refractivity contribution < 1.29 is 19.1 Å². The molecule has 7 nitrogen and oxygen atoms in total. The summed E-state index contributed by atoms with van der Waals surface area (Å²) < 4.78 is 10.5. The number of likely N-dealkylation sites (tertiary alicyclic amines) is 1. The Bertz CT molecular complexity index is 649. The summed E-state index contributed by atoms with van der Waals surface area (Å²) in [5.41, 5.74) is 0.260. The third kappa shape index (κ3) is 5.68. The van der Waals surface area contributed by atoms with Gasteiger partial charge >= 0.3 is 12.2 Å². The number of alkyl carbamates (subject to hydrolysis) is 1. The first-order valence-corrected chi connectivity index (χ1v) is 8.13. The fourth-order valence-electron chi connectivity index (χ4n) is 2.47. The number of ether oxygens (including phenoxy) is 2. The lowest BCUT2D eigenvalue weighted by molar-refractivity contribution is 0.0287. The quantitative estimate of drug-likeness (QED) is 0.909. The Morgan fingerprint density at radius 1 is 1.28 bits per heavy atom. The molecule has 25 heavy (non-hydrogen) atoms. The van der Waals surface area contributed by atoms with Gasteiger partial charge in [-0.05, 0) is 26.3 Å². The second-order valence-electron chi connectivity index (χ2n) is 6.93. The van der Waals surface area contributed by atoms with Gasteiger partial charge in [-0.2, -0.15) is 5.26 Å². The second-order valence-corrected chi connectivity index (χ2v) is 6.93. The molecular formula is C18H23N3O4. The number of hydrogen-bond acceptors (Lipinski definition) is 5. The molecule has 2 unspecified atom stereocenters. The molecule has 7 heteroatoms. The van der Waals surface area contributed by atoms with E-state index in [9.17, 15) is 14.9 Å². The Morgan fingerprint density at radius 3 is 2.56 bits per heavy atom. The first kappa shape index (κ1) is 18.6. The van der Waals surface area contributed by atoms with Gasteiger partial charge in [0.05, 0.1) is 18.0 Å². The molecule has 1 heterocycles. The van der Waals surface area contributed by atoms with E-state index in [0.717, 1.165) is 5.56 Å². The van der Waals surface area contributed by atoms with Crippen LogP contribution in [0.4, 0.5) is 9.59 Å². The van der Waals surface area contributed by atoms with Crippen LogP contribution < -0.4 is 5.32 Å². The van der Waals surface area contributed by atoms with Crippen LogP contribution in [0.5, 0.6) is 0 Å². The zero-order valence-electron chi connectivity index (χ0n) is 14.7. The summed E-state index contributed by atoms with van der Waals surface area (Å²) in [7, 11) is 0. The standard InChI is InChI=1S/C18H23N3O4/c1-18(2,3)25-17(23)21-10-14(9-19)15(11-21)20-16(22)24-12-13-7-5-4-6-8-13/h4-8,14-15H,10-12H2,1-3H3,(H,20,22). The lowest BCUT2D eigenvalue weighted by Gasteiger charge is -2.24. The van der Waals surface area contributed by atoms with E-state index < -0.39 is 29.7 Å². The summed E-state index contributed by atoms with van der Waals surface area (Å²) in [4.78, 5) is 25.5. The van der Waals surface area contributed by atoms with Crippen LogP contribution in [0.1, 0.15) is 26.3 Å². The summed E-state index contributed by atoms with van der Waals surface area (Å²) >= 11 is 0. The molecule has 0 spiro atoms. The molecule has 2 rings (SSSR count). The third-order valence-electron chi connectivity index (χ3n) is 3.65. The molecule has 1 aliphatic heterocycles. The Balaban J connectivity index is 1.87. The Morgan fingerprint density at radius 2 is 1.96 bits per heavy atom. The van der Waals surface area contributed by atoms with E-state index in [2.05, 4.69) is 11.4 Å². The summed E-state index contributed by atoms with van der Waals surface area (Å²) in [6.07, 6.45) is -1.10. The minimum Gasteiger partial charge on any atom is -0.445 e. The lowest BCUT2D eigenvalue weighted by Crippen LogP contribution is -2.41. The van der Waals surface area contributed by atoms with Crippen LogP contribution in [-0.4, -0.2) is 41.8 Å². The van der Waals surface area contributed by atoms with E-state index in [1.165, 1.54) is 4.90 Å². The van der Waals surface area contributed by atoms with Crippen molar-refractivity contribution in [2.45, 2.75) is 39.0 Å². The molecule has 1 aliphatic rings. The van der Waals surface area contributed by atoms with Crippen molar-refractivity contribution in [3.05, 3.63) is 35.9 Å². The van der Waals surface area contributed by atoms with Crippen LogP contribution in [0.2, 0.25) is 0 Å². The fraction of sp³-hybridized carbons (Fsp3) is 0.500.